The van der Waals surface area contributed by atoms with Gasteiger partial charge in [-0.15, -0.1) is 0 Å². The van der Waals surface area contributed by atoms with Gasteiger partial charge in [0.25, 0.3) is 0 Å². The Morgan fingerprint density at radius 3 is 2.09 bits per heavy atom. The second kappa shape index (κ2) is 6.44. The van der Waals surface area contributed by atoms with Crippen molar-refractivity contribution in [3.63, 3.8) is 0 Å². The molecule has 2 nitrogen and oxygen atoms in total. The standard InChI is InChI=1S/C18H17F3O2/c1-11(2)16(17(22)23)14-7-3-5-12(9-14)13-6-4-8-15(10-13)18(19,20)21/h3-11,16H,1-2H3,(H,22,23). The molecule has 0 aliphatic heterocycles. The van der Waals surface area contributed by atoms with Gasteiger partial charge in [-0.1, -0.05) is 50.2 Å². The Kier molecular flexibility index (Phi) is 4.78. The number of carboxylic acid groups (broad SMARTS) is 1. The van der Waals surface area contributed by atoms with Gasteiger partial charge in [0.1, 0.15) is 0 Å². The third kappa shape index (κ3) is 3.92. The molecule has 0 amide bonds. The number of benzene rings is 2. The van der Waals surface area contributed by atoms with Crippen molar-refractivity contribution in [1.82, 2.24) is 0 Å². The molecule has 122 valence electrons. The quantitative estimate of drug-likeness (QED) is 0.840. The average molecular weight is 322 g/mol. The molecule has 23 heavy (non-hydrogen) atoms. The number of hydrogen-bond donors (Lipinski definition) is 1. The van der Waals surface area contributed by atoms with Gasteiger partial charge >= 0.3 is 12.1 Å². The Morgan fingerprint density at radius 1 is 1.00 bits per heavy atom. The normalized spacial score (nSPS) is 13.1. The van der Waals surface area contributed by atoms with Gasteiger partial charge in [-0.2, -0.15) is 13.2 Å². The van der Waals surface area contributed by atoms with E-state index < -0.39 is 23.6 Å². The summed E-state index contributed by atoms with van der Waals surface area (Å²) >= 11 is 0. The Balaban J connectivity index is 2.46. The largest absolute Gasteiger partial charge is 0.481 e. The Hall–Kier alpha value is -2.30. The van der Waals surface area contributed by atoms with E-state index in [9.17, 15) is 23.1 Å². The molecule has 0 bridgehead atoms. The number of carboxylic acids is 1. The molecule has 0 fully saturated rings. The molecule has 1 N–H and O–H groups in total. The summed E-state index contributed by atoms with van der Waals surface area (Å²) in [6.07, 6.45) is -4.41. The van der Waals surface area contributed by atoms with Crippen molar-refractivity contribution >= 4 is 5.97 Å². The van der Waals surface area contributed by atoms with Crippen LogP contribution in [0, 0.1) is 5.92 Å². The number of alkyl halides is 3. The fourth-order valence-corrected chi connectivity index (χ4v) is 2.60. The van der Waals surface area contributed by atoms with E-state index in [2.05, 4.69) is 0 Å². The molecule has 0 saturated carbocycles. The fraction of sp³-hybridized carbons (Fsp3) is 0.278. The molecule has 5 heteroatoms. The number of rotatable bonds is 4. The van der Waals surface area contributed by atoms with Crippen LogP contribution in [0.15, 0.2) is 48.5 Å². The van der Waals surface area contributed by atoms with Crippen molar-refractivity contribution in [2.24, 2.45) is 5.92 Å². The van der Waals surface area contributed by atoms with Crippen LogP contribution in [0.2, 0.25) is 0 Å². The monoisotopic (exact) mass is 322 g/mol. The molecule has 1 unspecified atom stereocenters. The average Bonchev–Trinajstić information content (AvgIpc) is 2.46. The maximum atomic E-state index is 12.8. The third-order valence-corrected chi connectivity index (χ3v) is 3.70. The topological polar surface area (TPSA) is 37.3 Å². The van der Waals surface area contributed by atoms with E-state index in [-0.39, 0.29) is 5.92 Å². The lowest BCUT2D eigenvalue weighted by Gasteiger charge is -2.17. The van der Waals surface area contributed by atoms with Crippen LogP contribution >= 0.6 is 0 Å². The highest BCUT2D eigenvalue weighted by Gasteiger charge is 2.30. The van der Waals surface area contributed by atoms with Crippen LogP contribution in [-0.2, 0) is 11.0 Å². The van der Waals surface area contributed by atoms with Crippen molar-refractivity contribution in [3.05, 3.63) is 59.7 Å². The lowest BCUT2D eigenvalue weighted by Crippen LogP contribution is -2.17. The fourth-order valence-electron chi connectivity index (χ4n) is 2.60. The molecular formula is C18H17F3O2. The zero-order valence-corrected chi connectivity index (χ0v) is 12.8. The molecule has 0 aliphatic rings. The Bertz CT molecular complexity index is 705. The molecule has 2 aromatic carbocycles. The van der Waals surface area contributed by atoms with E-state index in [1.807, 2.05) is 0 Å². The minimum Gasteiger partial charge on any atom is -0.481 e. The number of carbonyl (C=O) groups is 1. The van der Waals surface area contributed by atoms with E-state index in [1.165, 1.54) is 6.07 Å². The van der Waals surface area contributed by atoms with Gasteiger partial charge in [0.05, 0.1) is 11.5 Å². The van der Waals surface area contributed by atoms with Crippen molar-refractivity contribution in [1.29, 1.82) is 0 Å². The first kappa shape index (κ1) is 17.1. The molecule has 0 radical (unpaired) electrons. The molecule has 2 aromatic rings. The summed E-state index contributed by atoms with van der Waals surface area (Å²) in [5.74, 6) is -1.76. The second-order valence-electron chi connectivity index (χ2n) is 5.76. The van der Waals surface area contributed by atoms with Crippen LogP contribution in [0.1, 0.15) is 30.9 Å². The van der Waals surface area contributed by atoms with E-state index in [1.54, 1.807) is 44.2 Å². The first-order valence-corrected chi connectivity index (χ1v) is 7.20. The van der Waals surface area contributed by atoms with E-state index >= 15 is 0 Å². The molecule has 0 aliphatic carbocycles. The van der Waals surface area contributed by atoms with Crippen molar-refractivity contribution in [2.75, 3.05) is 0 Å². The van der Waals surface area contributed by atoms with Crippen molar-refractivity contribution in [2.45, 2.75) is 25.9 Å². The Labute approximate surface area is 132 Å². The summed E-state index contributed by atoms with van der Waals surface area (Å²) in [7, 11) is 0. The lowest BCUT2D eigenvalue weighted by atomic mass is 9.87. The predicted molar refractivity (Wildman–Crippen MR) is 82.1 cm³/mol. The molecule has 0 spiro atoms. The SMILES string of the molecule is CC(C)C(C(=O)O)c1cccc(-c2cccc(C(F)(F)F)c2)c1. The van der Waals surface area contributed by atoms with Gasteiger partial charge in [-0.25, -0.2) is 0 Å². The van der Waals surface area contributed by atoms with E-state index in [0.29, 0.717) is 16.7 Å². The van der Waals surface area contributed by atoms with Crippen LogP contribution < -0.4 is 0 Å². The smallest absolute Gasteiger partial charge is 0.416 e. The molecule has 0 heterocycles. The first-order chi connectivity index (χ1) is 10.7. The first-order valence-electron chi connectivity index (χ1n) is 7.20. The summed E-state index contributed by atoms with van der Waals surface area (Å²) in [4.78, 5) is 11.4. The number of aliphatic carboxylic acids is 1. The van der Waals surface area contributed by atoms with E-state index in [4.69, 9.17) is 0 Å². The molecule has 2 rings (SSSR count). The number of hydrogen-bond acceptors (Lipinski definition) is 1. The van der Waals surface area contributed by atoms with E-state index in [0.717, 1.165) is 12.1 Å². The number of halogens is 3. The molecular weight excluding hydrogens is 305 g/mol. The molecule has 0 aromatic heterocycles. The summed E-state index contributed by atoms with van der Waals surface area (Å²) in [6, 6.07) is 11.7. The van der Waals surface area contributed by atoms with Gasteiger partial charge in [0.15, 0.2) is 0 Å². The Morgan fingerprint density at radius 2 is 1.57 bits per heavy atom. The highest BCUT2D eigenvalue weighted by Crippen LogP contribution is 2.33. The second-order valence-corrected chi connectivity index (χ2v) is 5.76. The predicted octanol–water partition coefficient (Wildman–Crippen LogP) is 5.20. The maximum absolute atomic E-state index is 12.8. The lowest BCUT2D eigenvalue weighted by molar-refractivity contribution is -0.140. The highest BCUT2D eigenvalue weighted by molar-refractivity contribution is 5.77. The minimum absolute atomic E-state index is 0.121. The van der Waals surface area contributed by atoms with Gasteiger partial charge in [0.2, 0.25) is 0 Å². The summed E-state index contributed by atoms with van der Waals surface area (Å²) < 4.78 is 38.5. The maximum Gasteiger partial charge on any atom is 0.416 e. The van der Waals surface area contributed by atoms with Gasteiger partial charge in [-0.05, 0) is 34.7 Å². The summed E-state index contributed by atoms with van der Waals surface area (Å²) in [5.41, 5.74) is 0.844. The van der Waals surface area contributed by atoms with Crippen LogP contribution in [-0.4, -0.2) is 11.1 Å². The molecule has 0 saturated heterocycles. The van der Waals surface area contributed by atoms with Gasteiger partial charge in [0, 0.05) is 0 Å². The summed E-state index contributed by atoms with van der Waals surface area (Å²) in [5, 5.41) is 9.36. The van der Waals surface area contributed by atoms with Crippen molar-refractivity contribution in [3.8, 4) is 11.1 Å². The zero-order valence-electron chi connectivity index (χ0n) is 12.8. The minimum atomic E-state index is -4.41. The van der Waals surface area contributed by atoms with Crippen LogP contribution in [0.3, 0.4) is 0 Å². The van der Waals surface area contributed by atoms with Crippen LogP contribution in [0.25, 0.3) is 11.1 Å². The van der Waals surface area contributed by atoms with Crippen molar-refractivity contribution < 1.29 is 23.1 Å². The van der Waals surface area contributed by atoms with Gasteiger partial charge in [-0.3, -0.25) is 4.79 Å². The van der Waals surface area contributed by atoms with Crippen LogP contribution in [0.4, 0.5) is 13.2 Å². The molecule has 1 atom stereocenters. The highest BCUT2D eigenvalue weighted by atomic mass is 19.4. The summed E-state index contributed by atoms with van der Waals surface area (Å²) in [6.45, 7) is 3.60. The third-order valence-electron chi connectivity index (χ3n) is 3.70. The van der Waals surface area contributed by atoms with Gasteiger partial charge < -0.3 is 5.11 Å². The zero-order chi connectivity index (χ0) is 17.2. The van der Waals surface area contributed by atoms with Crippen LogP contribution in [0.5, 0.6) is 0 Å².